The van der Waals surface area contributed by atoms with Crippen LogP contribution in [0.5, 0.6) is 0 Å². The van der Waals surface area contributed by atoms with Crippen LogP contribution >= 0.6 is 21.6 Å². The SMILES string of the molecule is CC[C@H](C)[C@@H]1NC(=O)[C@H]2CCCCNC(=O)C[C@@H](NC1=O)C(=O)N[C@@H](CCCN=C(N)N)C(=O)N[C@H]([C@@H](C)CC)C(=O)N[C@@H](Cc1ccccc1)C(=O)N[C@H](CCCN=C(N)N)C(=O)N[C@@H](C(N)=O)CSSC[C@@H](NC(=O)[C@H](N)CCCN=C(N)N)C(=O)N[C@H](C1CCCCC1)C(=O)NCC(=O)NCC(=O)N2. The van der Waals surface area contributed by atoms with Crippen LogP contribution in [0.25, 0.3) is 0 Å². The number of nitrogens with two attached hydrogens (primary N) is 8. The summed E-state index contributed by atoms with van der Waals surface area (Å²) in [5, 5.41) is 34.5. The quantitative estimate of drug-likeness (QED) is 0.0222. The lowest BCUT2D eigenvalue weighted by molar-refractivity contribution is -0.137. The largest absolute Gasteiger partial charge is 0.370 e. The monoisotopic (exact) mass is 1540 g/mol. The lowest BCUT2D eigenvalue weighted by Crippen LogP contribution is -2.62. The molecule has 4 rings (SSSR count). The predicted molar refractivity (Wildman–Crippen MR) is 404 cm³/mol. The second-order valence-corrected chi connectivity index (χ2v) is 29.3. The molecule has 14 amide bonds. The van der Waals surface area contributed by atoms with Crippen molar-refractivity contribution in [3.8, 4) is 0 Å². The summed E-state index contributed by atoms with van der Waals surface area (Å²) >= 11 is 0. The maximum Gasteiger partial charge on any atom is 0.244 e. The van der Waals surface area contributed by atoms with E-state index in [1.165, 1.54) is 0 Å². The number of carbonyl (C=O) groups is 14. The Morgan fingerprint density at radius 2 is 1.02 bits per heavy atom. The Morgan fingerprint density at radius 1 is 0.505 bits per heavy atom. The average molecular weight is 1540 g/mol. The van der Waals surface area contributed by atoms with Crippen LogP contribution in [-0.4, -0.2) is 218 Å². The number of nitrogens with zero attached hydrogens (tertiary/aromatic N) is 3. The first-order valence-corrected chi connectivity index (χ1v) is 38.7. The zero-order chi connectivity index (χ0) is 79.1. The van der Waals surface area contributed by atoms with E-state index < -0.39 is 186 Å². The van der Waals surface area contributed by atoms with E-state index in [-0.39, 0.29) is 126 Å². The summed E-state index contributed by atoms with van der Waals surface area (Å²) in [5.41, 5.74) is 46.2. The van der Waals surface area contributed by atoms with Gasteiger partial charge in [0.2, 0.25) is 82.7 Å². The number of hydrogen-bond acceptors (Lipinski definition) is 20. The van der Waals surface area contributed by atoms with Crippen molar-refractivity contribution in [3.05, 3.63) is 35.9 Å². The molecule has 0 radical (unpaired) electrons. The second kappa shape index (κ2) is 47.8. The first-order chi connectivity index (χ1) is 50.9. The minimum absolute atomic E-state index is 0.00355. The van der Waals surface area contributed by atoms with Gasteiger partial charge in [0.1, 0.15) is 60.4 Å². The lowest BCUT2D eigenvalue weighted by Gasteiger charge is -2.31. The third-order valence-corrected chi connectivity index (χ3v) is 20.7. The second-order valence-electron chi connectivity index (χ2n) is 26.8. The van der Waals surface area contributed by atoms with Crippen molar-refractivity contribution in [3.63, 3.8) is 0 Å². The summed E-state index contributed by atoms with van der Waals surface area (Å²) in [6, 6.07) is -7.15. The van der Waals surface area contributed by atoms with Crippen LogP contribution < -0.4 is 115 Å². The summed E-state index contributed by atoms with van der Waals surface area (Å²) < 4.78 is 0. The molecule has 40 heteroatoms. The number of fused-ring (bicyclic) bond motifs is 6. The molecule has 2 bridgehead atoms. The Hall–Kier alpha value is -9.73. The van der Waals surface area contributed by atoms with E-state index in [1.54, 1.807) is 58.0 Å². The molecule has 1 aliphatic carbocycles. The van der Waals surface area contributed by atoms with Gasteiger partial charge in [-0.2, -0.15) is 0 Å². The zero-order valence-electron chi connectivity index (χ0n) is 61.3. The number of primary amides is 1. The fourth-order valence-electron chi connectivity index (χ4n) is 11.7. The first kappa shape index (κ1) is 89.7. The van der Waals surface area contributed by atoms with Gasteiger partial charge in [-0.05, 0) is 93.9 Å². The predicted octanol–water partition coefficient (Wildman–Crippen LogP) is -5.96. The van der Waals surface area contributed by atoms with Gasteiger partial charge in [0, 0.05) is 44.1 Å². The Kier molecular flexibility index (Phi) is 40.0. The molecule has 2 saturated heterocycles. The van der Waals surface area contributed by atoms with E-state index in [2.05, 4.69) is 84.1 Å². The van der Waals surface area contributed by atoms with Gasteiger partial charge in [-0.25, -0.2) is 0 Å². The van der Waals surface area contributed by atoms with Crippen molar-refractivity contribution < 1.29 is 67.1 Å². The number of aliphatic imine (C=N–C) groups is 3. The summed E-state index contributed by atoms with van der Waals surface area (Å²) in [7, 11) is 1.94. The lowest BCUT2D eigenvalue weighted by atomic mass is 9.83. The number of rotatable bonds is 22. The Bertz CT molecular complexity index is 3260. The highest BCUT2D eigenvalue weighted by Gasteiger charge is 2.39. The molecular weight excluding hydrogens is 1430 g/mol. The van der Waals surface area contributed by atoms with Crippen LogP contribution in [0.3, 0.4) is 0 Å². The van der Waals surface area contributed by atoms with Crippen molar-refractivity contribution in [2.24, 2.45) is 78.6 Å². The Balaban J connectivity index is 1.86. The van der Waals surface area contributed by atoms with Crippen LogP contribution in [0.15, 0.2) is 45.3 Å². The summed E-state index contributed by atoms with van der Waals surface area (Å²) in [6.07, 6.45) is 3.58. The molecule has 0 spiro atoms. The average Bonchev–Trinajstić information content (AvgIpc) is 0.852. The molecule has 1 aromatic carbocycles. The van der Waals surface area contributed by atoms with E-state index in [1.807, 2.05) is 0 Å². The molecule has 1 saturated carbocycles. The van der Waals surface area contributed by atoms with Crippen molar-refractivity contribution >= 4 is 122 Å². The standard InChI is InChI=1S/C67H112N24O14S2/c1-5-36(3)51-63(104)85-44(30-38-18-9-7-10-19-38)59(100)83-42(24-16-28-78-66(72)73)56(97)87-46(54(69)95)34-106-107-35-47(88-55(96)40(68)22-15-27-77-65(70)71)61(102)91-53(39-20-11-8-12-21-39)62(103)81-32-49(93)80-33-50(94)82-41-23-13-14-26-76-48(92)31-45(86-64(105)52(37(4)6-2)89-57(41)98)60(101)84-43(58(99)90-51)25-17-29-79-67(74)75/h7,9-10,18-19,36-37,39-47,51-53H,5-6,8,11-17,20-35,68H2,1-4H3,(H2,69,95)(H,76,92)(H,80,93)(H,81,103)(H,82,94)(H,83,100)(H,84,101)(H,85,104)(H,86,105)(H,87,97)(H,88,96)(H,89,98)(H,90,99)(H,91,102)(H4,70,71,77)(H4,72,73,78)(H4,74,75,79)/t36-,37-,40+,41+,42+,43-,44-,45+,46+,47+,51+,52-,53+/m0/s1. The summed E-state index contributed by atoms with van der Waals surface area (Å²) in [5.74, 6) is -15.1. The van der Waals surface area contributed by atoms with Gasteiger partial charge >= 0.3 is 0 Å². The highest BCUT2D eigenvalue weighted by molar-refractivity contribution is 8.76. The first-order valence-electron chi connectivity index (χ1n) is 36.2. The summed E-state index contributed by atoms with van der Waals surface area (Å²) in [4.78, 5) is 211. The smallest absolute Gasteiger partial charge is 0.244 e. The Labute approximate surface area is 630 Å². The van der Waals surface area contributed by atoms with E-state index >= 15 is 0 Å². The van der Waals surface area contributed by atoms with Crippen molar-refractivity contribution in [1.29, 1.82) is 0 Å². The number of guanidine groups is 3. The van der Waals surface area contributed by atoms with E-state index in [0.717, 1.165) is 28.0 Å². The summed E-state index contributed by atoms with van der Waals surface area (Å²) in [6.45, 7) is 5.48. The number of nitrogens with one attached hydrogen (secondary N) is 13. The molecule has 29 N–H and O–H groups in total. The van der Waals surface area contributed by atoms with Crippen LogP contribution in [0.4, 0.5) is 0 Å². The van der Waals surface area contributed by atoms with Crippen LogP contribution in [0.1, 0.15) is 142 Å². The molecule has 3 aliphatic rings. The number of carbonyl (C=O) groups excluding carboxylic acids is 14. The number of hydrogen-bond donors (Lipinski definition) is 21. The van der Waals surface area contributed by atoms with E-state index in [4.69, 9.17) is 45.9 Å². The van der Waals surface area contributed by atoms with Crippen molar-refractivity contribution in [2.75, 3.05) is 50.8 Å². The third kappa shape index (κ3) is 33.3. The van der Waals surface area contributed by atoms with Crippen LogP contribution in [0.2, 0.25) is 0 Å². The highest BCUT2D eigenvalue weighted by atomic mass is 33.1. The molecule has 3 fully saturated rings. The highest BCUT2D eigenvalue weighted by Crippen LogP contribution is 2.28. The molecule has 38 nitrogen and oxygen atoms in total. The number of benzene rings is 1. The molecule has 1 aromatic rings. The zero-order valence-corrected chi connectivity index (χ0v) is 63.0. The minimum Gasteiger partial charge on any atom is -0.370 e. The van der Waals surface area contributed by atoms with E-state index in [0.29, 0.717) is 37.7 Å². The van der Waals surface area contributed by atoms with Crippen molar-refractivity contribution in [2.45, 2.75) is 210 Å². The topological polar surface area (TPSA) is 641 Å². The molecule has 2 heterocycles. The van der Waals surface area contributed by atoms with Gasteiger partial charge in [-0.3, -0.25) is 82.1 Å². The Morgan fingerprint density at radius 3 is 1.61 bits per heavy atom. The van der Waals surface area contributed by atoms with Gasteiger partial charge in [0.05, 0.1) is 25.6 Å². The minimum atomic E-state index is -1.70. The molecule has 0 unspecified atom stereocenters. The molecule has 13 atom stereocenters. The van der Waals surface area contributed by atoms with Gasteiger partial charge in [-0.15, -0.1) is 0 Å². The van der Waals surface area contributed by atoms with Crippen LogP contribution in [0, 0.1) is 17.8 Å². The van der Waals surface area contributed by atoms with Gasteiger partial charge in [0.15, 0.2) is 17.9 Å². The molecule has 0 aromatic heterocycles. The molecule has 596 valence electrons. The van der Waals surface area contributed by atoms with E-state index in [9.17, 15) is 67.1 Å². The fourth-order valence-corrected chi connectivity index (χ4v) is 14.1. The normalized spacial score (nSPS) is 25.1. The third-order valence-electron chi connectivity index (χ3n) is 18.3. The van der Waals surface area contributed by atoms with Crippen LogP contribution in [-0.2, 0) is 73.5 Å². The molecular formula is C67H112N24O14S2. The van der Waals surface area contributed by atoms with Gasteiger partial charge in [-0.1, -0.05) is 112 Å². The fraction of sp³-hybridized carbons (Fsp3) is 0.657. The maximum atomic E-state index is 14.9. The molecule has 2 aliphatic heterocycles. The van der Waals surface area contributed by atoms with Gasteiger partial charge in [0.25, 0.3) is 0 Å². The maximum absolute atomic E-state index is 14.9. The van der Waals surface area contributed by atoms with Gasteiger partial charge < -0.3 is 115 Å². The molecule has 107 heavy (non-hydrogen) atoms. The number of amides is 14. The van der Waals surface area contributed by atoms with Crippen molar-refractivity contribution in [1.82, 2.24) is 69.1 Å².